The maximum absolute atomic E-state index is 12.5. The first-order chi connectivity index (χ1) is 13.2. The van der Waals surface area contributed by atoms with Crippen molar-refractivity contribution in [2.24, 2.45) is 0 Å². The Hall–Kier alpha value is -2.59. The van der Waals surface area contributed by atoms with Crippen LogP contribution in [0.1, 0.15) is 31.2 Å². The molecule has 0 radical (unpaired) electrons. The first kappa shape index (κ1) is 19.2. The molecule has 1 aromatic heterocycles. The highest BCUT2D eigenvalue weighted by Crippen LogP contribution is 2.20. The maximum Gasteiger partial charge on any atom is 0.222 e. The second-order valence-electron chi connectivity index (χ2n) is 6.38. The zero-order valence-corrected chi connectivity index (χ0v) is 16.2. The van der Waals surface area contributed by atoms with Gasteiger partial charge < -0.3 is 9.32 Å². The number of carbonyl (C=O) groups excluding carboxylic acids is 1. The van der Waals surface area contributed by atoms with Crippen LogP contribution in [0.4, 0.5) is 0 Å². The number of amides is 1. The Labute approximate surface area is 164 Å². The van der Waals surface area contributed by atoms with Crippen LogP contribution in [0.5, 0.6) is 0 Å². The van der Waals surface area contributed by atoms with Crippen LogP contribution in [0.2, 0.25) is 5.02 Å². The van der Waals surface area contributed by atoms with Crippen LogP contribution in [0.25, 0.3) is 11.3 Å². The Morgan fingerprint density at radius 1 is 1.15 bits per heavy atom. The first-order valence-electron chi connectivity index (χ1n) is 9.18. The van der Waals surface area contributed by atoms with Gasteiger partial charge in [-0.05, 0) is 31.0 Å². The van der Waals surface area contributed by atoms with E-state index in [1.807, 2.05) is 66.4 Å². The Morgan fingerprint density at radius 3 is 2.70 bits per heavy atom. The molecule has 0 aliphatic carbocycles. The molecule has 3 rings (SSSR count). The summed E-state index contributed by atoms with van der Waals surface area (Å²) in [6, 6.07) is 17.5. The summed E-state index contributed by atoms with van der Waals surface area (Å²) >= 11 is 6.03. The van der Waals surface area contributed by atoms with E-state index in [0.717, 1.165) is 16.9 Å². The molecule has 4 nitrogen and oxygen atoms in total. The van der Waals surface area contributed by atoms with E-state index in [4.69, 9.17) is 16.0 Å². The number of benzene rings is 2. The normalized spacial score (nSPS) is 10.7. The van der Waals surface area contributed by atoms with Crippen LogP contribution in [-0.2, 0) is 17.8 Å². The van der Waals surface area contributed by atoms with Crippen molar-refractivity contribution < 1.29 is 9.21 Å². The van der Waals surface area contributed by atoms with E-state index in [0.29, 0.717) is 43.3 Å². The van der Waals surface area contributed by atoms with Crippen molar-refractivity contribution in [3.8, 4) is 11.3 Å². The predicted octanol–water partition coefficient (Wildman–Crippen LogP) is 5.37. The van der Waals surface area contributed by atoms with Crippen molar-refractivity contribution in [1.82, 2.24) is 9.88 Å². The standard InChI is InChI=1S/C22H23ClN2O2/c1-2-25(16-17-8-6-11-19(23)14-17)22(26)13-7-12-21-24-15-20(27-21)18-9-4-3-5-10-18/h3-6,8-11,14-15H,2,7,12-13,16H2,1H3. The van der Waals surface area contributed by atoms with Gasteiger partial charge >= 0.3 is 0 Å². The van der Waals surface area contributed by atoms with Crippen LogP contribution in [0, 0.1) is 0 Å². The zero-order valence-electron chi connectivity index (χ0n) is 15.4. The monoisotopic (exact) mass is 382 g/mol. The van der Waals surface area contributed by atoms with Gasteiger partial charge in [-0.3, -0.25) is 4.79 Å². The number of halogens is 1. The second kappa shape index (κ2) is 9.38. The number of carbonyl (C=O) groups is 1. The van der Waals surface area contributed by atoms with E-state index in [1.165, 1.54) is 0 Å². The highest BCUT2D eigenvalue weighted by molar-refractivity contribution is 6.30. The van der Waals surface area contributed by atoms with Gasteiger partial charge in [-0.25, -0.2) is 4.98 Å². The molecule has 140 valence electrons. The molecule has 0 saturated carbocycles. The molecule has 0 atom stereocenters. The summed E-state index contributed by atoms with van der Waals surface area (Å²) in [5.74, 6) is 1.56. The largest absolute Gasteiger partial charge is 0.441 e. The summed E-state index contributed by atoms with van der Waals surface area (Å²) in [6.07, 6.45) is 3.56. The quantitative estimate of drug-likeness (QED) is 0.526. The third-order valence-corrected chi connectivity index (χ3v) is 4.63. The molecule has 0 aliphatic heterocycles. The van der Waals surface area contributed by atoms with Gasteiger partial charge in [0.25, 0.3) is 0 Å². The molecule has 0 unspecified atom stereocenters. The number of aromatic nitrogens is 1. The molecule has 0 fully saturated rings. The Balaban J connectivity index is 1.50. The van der Waals surface area contributed by atoms with Crippen LogP contribution < -0.4 is 0 Å². The molecule has 2 aromatic carbocycles. The number of hydrogen-bond donors (Lipinski definition) is 0. The molecule has 5 heteroatoms. The second-order valence-corrected chi connectivity index (χ2v) is 6.81. The first-order valence-corrected chi connectivity index (χ1v) is 9.56. The molecule has 27 heavy (non-hydrogen) atoms. The molecular formula is C22H23ClN2O2. The molecule has 1 amide bonds. The Bertz CT molecular complexity index is 877. The van der Waals surface area contributed by atoms with E-state index < -0.39 is 0 Å². The van der Waals surface area contributed by atoms with Crippen molar-refractivity contribution >= 4 is 17.5 Å². The molecule has 0 N–H and O–H groups in total. The van der Waals surface area contributed by atoms with Gasteiger partial charge in [-0.1, -0.05) is 54.1 Å². The van der Waals surface area contributed by atoms with Crippen molar-refractivity contribution in [2.75, 3.05) is 6.54 Å². The zero-order chi connectivity index (χ0) is 19.1. The fourth-order valence-corrected chi connectivity index (χ4v) is 3.16. The fraction of sp³-hybridized carbons (Fsp3) is 0.273. The molecule has 0 aliphatic rings. The predicted molar refractivity (Wildman–Crippen MR) is 107 cm³/mol. The summed E-state index contributed by atoms with van der Waals surface area (Å²) in [5, 5.41) is 0.689. The average Bonchev–Trinajstić information content (AvgIpc) is 3.16. The van der Waals surface area contributed by atoms with Crippen molar-refractivity contribution in [3.05, 3.63) is 77.3 Å². The molecule has 3 aromatic rings. The third kappa shape index (κ3) is 5.44. The van der Waals surface area contributed by atoms with Crippen LogP contribution >= 0.6 is 11.6 Å². The highest BCUT2D eigenvalue weighted by Gasteiger charge is 2.13. The minimum absolute atomic E-state index is 0.132. The molecule has 1 heterocycles. The lowest BCUT2D eigenvalue weighted by atomic mass is 10.2. The lowest BCUT2D eigenvalue weighted by Crippen LogP contribution is -2.30. The summed E-state index contributed by atoms with van der Waals surface area (Å²) in [6.45, 7) is 3.23. The van der Waals surface area contributed by atoms with Gasteiger partial charge in [0.2, 0.25) is 5.91 Å². The minimum Gasteiger partial charge on any atom is -0.441 e. The van der Waals surface area contributed by atoms with Gasteiger partial charge in [0.1, 0.15) is 0 Å². The molecule has 0 bridgehead atoms. The lowest BCUT2D eigenvalue weighted by Gasteiger charge is -2.21. The van der Waals surface area contributed by atoms with E-state index >= 15 is 0 Å². The number of aryl methyl sites for hydroxylation is 1. The van der Waals surface area contributed by atoms with Gasteiger partial charge in [0.05, 0.1) is 6.20 Å². The van der Waals surface area contributed by atoms with Gasteiger partial charge in [-0.2, -0.15) is 0 Å². The molecular weight excluding hydrogens is 360 g/mol. The van der Waals surface area contributed by atoms with Crippen molar-refractivity contribution in [3.63, 3.8) is 0 Å². The summed E-state index contributed by atoms with van der Waals surface area (Å²) in [7, 11) is 0. The number of nitrogens with zero attached hydrogens (tertiary/aromatic N) is 2. The van der Waals surface area contributed by atoms with Gasteiger partial charge in [0.15, 0.2) is 11.7 Å². The van der Waals surface area contributed by atoms with Crippen molar-refractivity contribution in [1.29, 1.82) is 0 Å². The third-order valence-electron chi connectivity index (χ3n) is 4.39. The summed E-state index contributed by atoms with van der Waals surface area (Å²) in [5.41, 5.74) is 2.05. The topological polar surface area (TPSA) is 46.3 Å². The van der Waals surface area contributed by atoms with E-state index in [-0.39, 0.29) is 5.91 Å². The fourth-order valence-electron chi connectivity index (χ4n) is 2.94. The van der Waals surface area contributed by atoms with Gasteiger partial charge in [-0.15, -0.1) is 0 Å². The Morgan fingerprint density at radius 2 is 1.96 bits per heavy atom. The average molecular weight is 383 g/mol. The molecule has 0 spiro atoms. The minimum atomic E-state index is 0.132. The van der Waals surface area contributed by atoms with E-state index in [9.17, 15) is 4.79 Å². The number of hydrogen-bond acceptors (Lipinski definition) is 3. The maximum atomic E-state index is 12.5. The number of oxazole rings is 1. The van der Waals surface area contributed by atoms with Crippen LogP contribution in [-0.4, -0.2) is 22.3 Å². The van der Waals surface area contributed by atoms with Crippen molar-refractivity contribution in [2.45, 2.75) is 32.7 Å². The summed E-state index contributed by atoms with van der Waals surface area (Å²) < 4.78 is 5.80. The Kier molecular flexibility index (Phi) is 6.66. The highest BCUT2D eigenvalue weighted by atomic mass is 35.5. The molecule has 0 saturated heterocycles. The van der Waals surface area contributed by atoms with Crippen LogP contribution in [0.3, 0.4) is 0 Å². The van der Waals surface area contributed by atoms with Gasteiger partial charge in [0, 0.05) is 36.5 Å². The smallest absolute Gasteiger partial charge is 0.222 e. The summed E-state index contributed by atoms with van der Waals surface area (Å²) in [4.78, 5) is 18.7. The number of rotatable bonds is 8. The van der Waals surface area contributed by atoms with E-state index in [1.54, 1.807) is 6.20 Å². The SMILES string of the molecule is CCN(Cc1cccc(Cl)c1)C(=O)CCCc1ncc(-c2ccccc2)o1. The lowest BCUT2D eigenvalue weighted by molar-refractivity contribution is -0.131. The van der Waals surface area contributed by atoms with Crippen LogP contribution in [0.15, 0.2) is 65.2 Å². The van der Waals surface area contributed by atoms with E-state index in [2.05, 4.69) is 4.98 Å².